The van der Waals surface area contributed by atoms with Crippen molar-refractivity contribution in [2.75, 3.05) is 0 Å². The van der Waals surface area contributed by atoms with Crippen LogP contribution < -0.4 is 5.32 Å². The summed E-state index contributed by atoms with van der Waals surface area (Å²) in [6.45, 7) is 4.68. The lowest BCUT2D eigenvalue weighted by Gasteiger charge is -2.11. The smallest absolute Gasteiger partial charge is 0.251 e. The molecule has 106 valence electrons. The van der Waals surface area contributed by atoms with Crippen LogP contribution in [0.25, 0.3) is 0 Å². The van der Waals surface area contributed by atoms with Crippen molar-refractivity contribution >= 4 is 17.5 Å². The van der Waals surface area contributed by atoms with Crippen molar-refractivity contribution in [3.63, 3.8) is 0 Å². The van der Waals surface area contributed by atoms with Gasteiger partial charge in [-0.2, -0.15) is 5.10 Å². The Balaban J connectivity index is 2.00. The number of amides is 1. The molecule has 5 heteroatoms. The normalized spacial score (nSPS) is 12.2. The Hall–Kier alpha value is -1.81. The van der Waals surface area contributed by atoms with E-state index >= 15 is 0 Å². The number of aromatic nitrogens is 2. The first-order chi connectivity index (χ1) is 9.58. The molecule has 1 aromatic heterocycles. The highest BCUT2D eigenvalue weighted by atomic mass is 35.5. The van der Waals surface area contributed by atoms with Crippen molar-refractivity contribution in [2.45, 2.75) is 32.9 Å². The Morgan fingerprint density at radius 1 is 1.40 bits per heavy atom. The zero-order chi connectivity index (χ0) is 14.5. The molecule has 0 radical (unpaired) electrons. The minimum absolute atomic E-state index is 0.0342. The van der Waals surface area contributed by atoms with Gasteiger partial charge >= 0.3 is 0 Å². The van der Waals surface area contributed by atoms with Crippen LogP contribution in [0.2, 0.25) is 5.02 Å². The third kappa shape index (κ3) is 3.84. The van der Waals surface area contributed by atoms with Gasteiger partial charge in [0.05, 0.1) is 17.8 Å². The summed E-state index contributed by atoms with van der Waals surface area (Å²) in [5, 5.41) is 7.69. The molecule has 0 spiro atoms. The van der Waals surface area contributed by atoms with E-state index in [0.717, 1.165) is 12.0 Å². The molecule has 0 aliphatic heterocycles. The fourth-order valence-electron chi connectivity index (χ4n) is 1.78. The molecule has 1 heterocycles. The summed E-state index contributed by atoms with van der Waals surface area (Å²) in [7, 11) is 0. The van der Waals surface area contributed by atoms with Gasteiger partial charge in [-0.05, 0) is 31.0 Å². The molecule has 0 saturated heterocycles. The second-order valence-electron chi connectivity index (χ2n) is 4.84. The molecule has 20 heavy (non-hydrogen) atoms. The third-order valence-electron chi connectivity index (χ3n) is 3.15. The largest absolute Gasteiger partial charge is 0.350 e. The maximum Gasteiger partial charge on any atom is 0.251 e. The molecule has 0 saturated carbocycles. The average Bonchev–Trinajstić information content (AvgIpc) is 2.84. The first-order valence-corrected chi connectivity index (χ1v) is 7.04. The number of hydrogen-bond donors (Lipinski definition) is 1. The number of carbonyl (C=O) groups is 1. The lowest BCUT2D eigenvalue weighted by molar-refractivity contribution is 0.0939. The van der Waals surface area contributed by atoms with Crippen molar-refractivity contribution in [2.24, 2.45) is 0 Å². The first kappa shape index (κ1) is 14.6. The molecule has 0 bridgehead atoms. The average molecular weight is 292 g/mol. The Kier molecular flexibility index (Phi) is 4.79. The van der Waals surface area contributed by atoms with Crippen LogP contribution in [-0.4, -0.2) is 21.7 Å². The zero-order valence-electron chi connectivity index (χ0n) is 11.6. The quantitative estimate of drug-likeness (QED) is 0.920. The summed E-state index contributed by atoms with van der Waals surface area (Å²) in [5.41, 5.74) is 1.75. The van der Waals surface area contributed by atoms with E-state index in [4.69, 9.17) is 11.6 Å². The Labute approximate surface area is 123 Å². The van der Waals surface area contributed by atoms with Crippen molar-refractivity contribution < 1.29 is 4.79 Å². The molecule has 1 amide bonds. The van der Waals surface area contributed by atoms with E-state index in [9.17, 15) is 4.79 Å². The topological polar surface area (TPSA) is 46.9 Å². The summed E-state index contributed by atoms with van der Waals surface area (Å²) >= 11 is 5.82. The number of nitrogens with zero attached hydrogens (tertiary/aromatic N) is 2. The van der Waals surface area contributed by atoms with Crippen LogP contribution in [0.1, 0.15) is 36.2 Å². The molecular formula is C15H18ClN3O. The molecule has 1 atom stereocenters. The summed E-state index contributed by atoms with van der Waals surface area (Å²) < 4.78 is 1.76. The van der Waals surface area contributed by atoms with Crippen LogP contribution in [0.3, 0.4) is 0 Å². The Morgan fingerprint density at radius 3 is 2.65 bits per heavy atom. The van der Waals surface area contributed by atoms with Crippen molar-refractivity contribution in [1.82, 2.24) is 15.1 Å². The SMILES string of the molecule is CCC(C)NC(=O)c1ccc(Cn2cc(Cl)cn2)cc1. The number of benzene rings is 1. The highest BCUT2D eigenvalue weighted by Crippen LogP contribution is 2.09. The number of carbonyl (C=O) groups excluding carboxylic acids is 1. The molecule has 2 rings (SSSR count). The molecule has 4 nitrogen and oxygen atoms in total. The van der Waals surface area contributed by atoms with Crippen molar-refractivity contribution in [1.29, 1.82) is 0 Å². The van der Waals surface area contributed by atoms with Gasteiger partial charge in [-0.15, -0.1) is 0 Å². The summed E-state index contributed by atoms with van der Waals surface area (Å²) in [4.78, 5) is 11.9. The monoisotopic (exact) mass is 291 g/mol. The first-order valence-electron chi connectivity index (χ1n) is 6.66. The van der Waals surface area contributed by atoms with E-state index in [-0.39, 0.29) is 11.9 Å². The van der Waals surface area contributed by atoms with Crippen LogP contribution in [0, 0.1) is 0 Å². The maximum atomic E-state index is 11.9. The van der Waals surface area contributed by atoms with Crippen LogP contribution in [0.4, 0.5) is 0 Å². The molecule has 0 aliphatic carbocycles. The van der Waals surface area contributed by atoms with Gasteiger partial charge in [0.15, 0.2) is 0 Å². The number of rotatable bonds is 5. The molecule has 1 unspecified atom stereocenters. The van der Waals surface area contributed by atoms with Crippen LogP contribution in [0.5, 0.6) is 0 Å². The van der Waals surface area contributed by atoms with Gasteiger partial charge < -0.3 is 5.32 Å². The van der Waals surface area contributed by atoms with E-state index in [1.165, 1.54) is 0 Å². The highest BCUT2D eigenvalue weighted by molar-refractivity contribution is 6.30. The van der Waals surface area contributed by atoms with Crippen LogP contribution in [0.15, 0.2) is 36.7 Å². The van der Waals surface area contributed by atoms with Crippen LogP contribution >= 0.6 is 11.6 Å². The van der Waals surface area contributed by atoms with Gasteiger partial charge in [0.1, 0.15) is 0 Å². The third-order valence-corrected chi connectivity index (χ3v) is 3.35. The minimum Gasteiger partial charge on any atom is -0.350 e. The highest BCUT2D eigenvalue weighted by Gasteiger charge is 2.08. The van der Waals surface area contributed by atoms with Crippen LogP contribution in [-0.2, 0) is 6.54 Å². The van der Waals surface area contributed by atoms with E-state index < -0.39 is 0 Å². The maximum absolute atomic E-state index is 11.9. The van der Waals surface area contributed by atoms with Gasteiger partial charge in [-0.25, -0.2) is 0 Å². The summed E-state index contributed by atoms with van der Waals surface area (Å²) in [6.07, 6.45) is 4.30. The molecule has 2 aromatic rings. The number of nitrogens with one attached hydrogen (secondary N) is 1. The Bertz CT molecular complexity index is 577. The molecular weight excluding hydrogens is 274 g/mol. The molecule has 0 fully saturated rings. The molecule has 1 N–H and O–H groups in total. The van der Waals surface area contributed by atoms with Crippen molar-refractivity contribution in [3.8, 4) is 0 Å². The van der Waals surface area contributed by atoms with Gasteiger partial charge in [-0.3, -0.25) is 9.48 Å². The van der Waals surface area contributed by atoms with Gasteiger partial charge in [0, 0.05) is 17.8 Å². The van der Waals surface area contributed by atoms with Gasteiger partial charge in [-0.1, -0.05) is 30.7 Å². The fraction of sp³-hybridized carbons (Fsp3) is 0.333. The molecule has 0 aliphatic rings. The minimum atomic E-state index is -0.0342. The second kappa shape index (κ2) is 6.57. The lowest BCUT2D eigenvalue weighted by atomic mass is 10.1. The predicted octanol–water partition coefficient (Wildman–Crippen LogP) is 3.11. The molecule has 1 aromatic carbocycles. The Morgan fingerprint density at radius 2 is 2.10 bits per heavy atom. The lowest BCUT2D eigenvalue weighted by Crippen LogP contribution is -2.31. The summed E-state index contributed by atoms with van der Waals surface area (Å²) in [6, 6.07) is 7.71. The summed E-state index contributed by atoms with van der Waals surface area (Å²) in [5.74, 6) is -0.0342. The number of halogens is 1. The standard InChI is InChI=1S/C15H18ClN3O/c1-3-11(2)18-15(20)13-6-4-12(5-7-13)9-19-10-14(16)8-17-19/h4-8,10-11H,3,9H2,1-2H3,(H,18,20). The van der Waals surface area contributed by atoms with Gasteiger partial charge in [0.25, 0.3) is 5.91 Å². The predicted molar refractivity (Wildman–Crippen MR) is 80.0 cm³/mol. The fourth-order valence-corrected chi connectivity index (χ4v) is 1.94. The second-order valence-corrected chi connectivity index (χ2v) is 5.27. The van der Waals surface area contributed by atoms with E-state index in [0.29, 0.717) is 17.1 Å². The van der Waals surface area contributed by atoms with Gasteiger partial charge in [0.2, 0.25) is 0 Å². The van der Waals surface area contributed by atoms with E-state index in [2.05, 4.69) is 10.4 Å². The van der Waals surface area contributed by atoms with E-state index in [1.807, 2.05) is 38.1 Å². The zero-order valence-corrected chi connectivity index (χ0v) is 12.4. The van der Waals surface area contributed by atoms with Crippen molar-refractivity contribution in [3.05, 3.63) is 52.8 Å². The number of hydrogen-bond acceptors (Lipinski definition) is 2. The van der Waals surface area contributed by atoms with E-state index in [1.54, 1.807) is 17.1 Å².